The summed E-state index contributed by atoms with van der Waals surface area (Å²) >= 11 is 1.51. The van der Waals surface area contributed by atoms with Gasteiger partial charge in [0.2, 0.25) is 0 Å². The number of thiophene rings is 1. The molecule has 2 fully saturated rings. The Kier molecular flexibility index (Phi) is 10.1. The molecule has 1 amide bonds. The summed E-state index contributed by atoms with van der Waals surface area (Å²) in [6, 6.07) is 11.5. The van der Waals surface area contributed by atoms with Crippen LogP contribution in [0.5, 0.6) is 5.75 Å². The monoisotopic (exact) mass is 518 g/mol. The van der Waals surface area contributed by atoms with Gasteiger partial charge in [-0.25, -0.2) is 8.51 Å². The molecule has 2 N–H and O–H groups in total. The van der Waals surface area contributed by atoms with Gasteiger partial charge in [-0.1, -0.05) is 12.5 Å². The van der Waals surface area contributed by atoms with Crippen molar-refractivity contribution in [3.63, 3.8) is 0 Å². The molecule has 1 aromatic heterocycles. The summed E-state index contributed by atoms with van der Waals surface area (Å²) in [6.07, 6.45) is 7.28. The summed E-state index contributed by atoms with van der Waals surface area (Å²) in [7, 11) is 0.432. The highest BCUT2D eigenvalue weighted by molar-refractivity contribution is 7.85. The topological polar surface area (TPSA) is 73.9 Å². The van der Waals surface area contributed by atoms with Crippen LogP contribution in [0.3, 0.4) is 0 Å². The number of hydrogen-bond acceptors (Lipinski definition) is 6. The van der Waals surface area contributed by atoms with Crippen molar-refractivity contribution in [3.8, 4) is 5.75 Å². The molecule has 7 nitrogen and oxygen atoms in total. The fraction of sp³-hybridized carbons (Fsp3) is 0.577. The smallest absolute Gasteiger partial charge is 0.251 e. The molecule has 4 rings (SSSR count). The third-order valence-electron chi connectivity index (χ3n) is 6.80. The third kappa shape index (κ3) is 7.85. The van der Waals surface area contributed by atoms with Crippen molar-refractivity contribution in [2.24, 2.45) is 0 Å². The molecule has 0 radical (unpaired) electrons. The van der Waals surface area contributed by atoms with Crippen molar-refractivity contribution in [1.82, 2.24) is 19.8 Å². The van der Waals surface area contributed by atoms with Gasteiger partial charge in [-0.05, 0) is 75.5 Å². The predicted octanol–water partition coefficient (Wildman–Crippen LogP) is 3.64. The molecular weight excluding hydrogens is 480 g/mol. The summed E-state index contributed by atoms with van der Waals surface area (Å²) in [4.78, 5) is 16.0. The molecule has 3 heterocycles. The zero-order valence-electron chi connectivity index (χ0n) is 20.7. The SMILES string of the molecule is COc1cccc(C(=O)NCc2ccc(S(=O)N3CCCC(NCCN4CCCCC4)CC3)s2)c1. The zero-order valence-corrected chi connectivity index (χ0v) is 22.3. The predicted molar refractivity (Wildman–Crippen MR) is 142 cm³/mol. The van der Waals surface area contributed by atoms with E-state index in [2.05, 4.69) is 19.8 Å². The number of rotatable bonds is 10. The minimum atomic E-state index is -1.15. The van der Waals surface area contributed by atoms with Crippen molar-refractivity contribution in [2.45, 2.75) is 55.3 Å². The largest absolute Gasteiger partial charge is 0.497 e. The van der Waals surface area contributed by atoms with Gasteiger partial charge in [-0.2, -0.15) is 0 Å². The first-order chi connectivity index (χ1) is 17.1. The minimum absolute atomic E-state index is 0.147. The minimum Gasteiger partial charge on any atom is -0.497 e. The van der Waals surface area contributed by atoms with Crippen molar-refractivity contribution in [3.05, 3.63) is 46.8 Å². The number of nitrogens with one attached hydrogen (secondary N) is 2. The lowest BCUT2D eigenvalue weighted by atomic mass is 10.1. The van der Waals surface area contributed by atoms with Crippen LogP contribution < -0.4 is 15.4 Å². The van der Waals surface area contributed by atoms with E-state index in [1.54, 1.807) is 25.3 Å². The Morgan fingerprint density at radius 1 is 1.09 bits per heavy atom. The Morgan fingerprint density at radius 2 is 1.94 bits per heavy atom. The molecule has 0 spiro atoms. The van der Waals surface area contributed by atoms with E-state index in [0.29, 0.717) is 23.9 Å². The molecule has 2 aromatic rings. The third-order valence-corrected chi connectivity index (χ3v) is 9.67. The zero-order chi connectivity index (χ0) is 24.5. The van der Waals surface area contributed by atoms with Crippen molar-refractivity contribution < 1.29 is 13.7 Å². The van der Waals surface area contributed by atoms with Crippen LogP contribution in [-0.4, -0.2) is 71.7 Å². The Balaban J connectivity index is 1.21. The lowest BCUT2D eigenvalue weighted by molar-refractivity contribution is 0.0951. The number of carbonyl (C=O) groups excluding carboxylic acids is 1. The highest BCUT2D eigenvalue weighted by Gasteiger charge is 2.23. The molecule has 2 saturated heterocycles. The van der Waals surface area contributed by atoms with Crippen LogP contribution in [0.4, 0.5) is 0 Å². The molecular formula is C26H38N4O3S2. The number of benzene rings is 1. The standard InChI is InChI=1S/C26H38N4O3S2/c1-33-23-9-5-7-21(19-23)26(31)28-20-24-10-11-25(34-24)35(32)30-16-6-8-22(12-17-30)27-13-18-29-14-3-2-4-15-29/h5,7,9-11,19,22,27H,2-4,6,8,12-18,20H2,1H3,(H,28,31). The lowest BCUT2D eigenvalue weighted by Crippen LogP contribution is -2.39. The summed E-state index contributed by atoms with van der Waals surface area (Å²) in [5.41, 5.74) is 0.563. The van der Waals surface area contributed by atoms with Crippen LogP contribution in [0.25, 0.3) is 0 Å². The summed E-state index contributed by atoms with van der Waals surface area (Å²) in [5, 5.41) is 6.70. The molecule has 0 bridgehead atoms. The Labute approximate surface area is 215 Å². The fourth-order valence-corrected chi connectivity index (χ4v) is 7.36. The number of piperidine rings is 1. The van der Waals surface area contributed by atoms with Gasteiger partial charge < -0.3 is 20.3 Å². The average molecular weight is 519 g/mol. The Hall–Kier alpha value is -1.78. The van der Waals surface area contributed by atoms with E-state index in [4.69, 9.17) is 4.74 Å². The van der Waals surface area contributed by atoms with Crippen LogP contribution >= 0.6 is 11.3 Å². The van der Waals surface area contributed by atoms with Crippen LogP contribution in [0.15, 0.2) is 40.6 Å². The molecule has 0 aliphatic carbocycles. The van der Waals surface area contributed by atoms with Crippen LogP contribution in [-0.2, 0) is 17.5 Å². The first kappa shape index (κ1) is 26.3. The molecule has 0 saturated carbocycles. The highest BCUT2D eigenvalue weighted by atomic mass is 32.2. The number of carbonyl (C=O) groups is 1. The number of likely N-dealkylation sites (tertiary alicyclic amines) is 1. The van der Waals surface area contributed by atoms with Crippen LogP contribution in [0.1, 0.15) is 53.8 Å². The number of amides is 1. The van der Waals surface area contributed by atoms with Gasteiger partial charge in [-0.15, -0.1) is 11.3 Å². The van der Waals surface area contributed by atoms with Gasteiger partial charge in [0.25, 0.3) is 5.91 Å². The summed E-state index contributed by atoms with van der Waals surface area (Å²) < 4.78 is 21.4. The van der Waals surface area contributed by atoms with Gasteiger partial charge in [0.1, 0.15) is 20.9 Å². The van der Waals surface area contributed by atoms with E-state index >= 15 is 0 Å². The lowest BCUT2D eigenvalue weighted by Gasteiger charge is -2.27. The normalized spacial score (nSPS) is 20.8. The summed E-state index contributed by atoms with van der Waals surface area (Å²) in [6.45, 7) is 6.78. The molecule has 2 atom stereocenters. The van der Waals surface area contributed by atoms with Gasteiger partial charge in [0, 0.05) is 42.7 Å². The van der Waals surface area contributed by atoms with Gasteiger partial charge in [0.05, 0.1) is 13.7 Å². The molecule has 2 aliphatic heterocycles. The van der Waals surface area contributed by atoms with Gasteiger partial charge in [0.15, 0.2) is 0 Å². The number of ether oxygens (including phenoxy) is 1. The van der Waals surface area contributed by atoms with E-state index < -0.39 is 11.0 Å². The maximum Gasteiger partial charge on any atom is 0.251 e. The van der Waals surface area contributed by atoms with E-state index in [0.717, 1.165) is 54.5 Å². The van der Waals surface area contributed by atoms with Crippen LogP contribution in [0, 0.1) is 0 Å². The second kappa shape index (κ2) is 13.5. The van der Waals surface area contributed by atoms with E-state index in [-0.39, 0.29) is 5.91 Å². The highest BCUT2D eigenvalue weighted by Crippen LogP contribution is 2.24. The Morgan fingerprint density at radius 3 is 2.77 bits per heavy atom. The number of hydrogen-bond donors (Lipinski definition) is 2. The first-order valence-electron chi connectivity index (χ1n) is 12.8. The first-order valence-corrected chi connectivity index (χ1v) is 14.7. The van der Waals surface area contributed by atoms with E-state index in [1.807, 2.05) is 18.2 Å². The summed E-state index contributed by atoms with van der Waals surface area (Å²) in [5.74, 6) is 0.509. The van der Waals surface area contributed by atoms with Gasteiger partial charge >= 0.3 is 0 Å². The molecule has 2 aliphatic rings. The Bertz CT molecular complexity index is 977. The quantitative estimate of drug-likeness (QED) is 0.502. The van der Waals surface area contributed by atoms with E-state index in [1.165, 1.54) is 43.7 Å². The molecule has 1 aromatic carbocycles. The maximum atomic E-state index is 13.2. The van der Waals surface area contributed by atoms with Crippen molar-refractivity contribution in [1.29, 1.82) is 0 Å². The molecule has 9 heteroatoms. The maximum absolute atomic E-state index is 13.2. The van der Waals surface area contributed by atoms with Crippen molar-refractivity contribution >= 4 is 28.2 Å². The molecule has 35 heavy (non-hydrogen) atoms. The molecule has 2 unspecified atom stereocenters. The average Bonchev–Trinajstić information content (AvgIpc) is 3.25. The fourth-order valence-electron chi connectivity index (χ4n) is 4.76. The van der Waals surface area contributed by atoms with Crippen molar-refractivity contribution in [2.75, 3.05) is 46.4 Å². The van der Waals surface area contributed by atoms with Crippen LogP contribution in [0.2, 0.25) is 0 Å². The number of nitrogens with zero attached hydrogens (tertiary/aromatic N) is 2. The molecule has 192 valence electrons. The van der Waals surface area contributed by atoms with E-state index in [9.17, 15) is 9.00 Å². The number of methoxy groups -OCH3 is 1. The van der Waals surface area contributed by atoms with Gasteiger partial charge in [-0.3, -0.25) is 4.79 Å². The second-order valence-electron chi connectivity index (χ2n) is 9.30. The second-order valence-corrected chi connectivity index (χ2v) is 12.2.